The van der Waals surface area contributed by atoms with E-state index in [1.165, 1.54) is 0 Å². The minimum absolute atomic E-state index is 0.0891. The zero-order chi connectivity index (χ0) is 13.3. The van der Waals surface area contributed by atoms with Crippen LogP contribution in [0.25, 0.3) is 0 Å². The van der Waals surface area contributed by atoms with Gasteiger partial charge in [-0.2, -0.15) is 0 Å². The van der Waals surface area contributed by atoms with Gasteiger partial charge in [0.15, 0.2) is 5.96 Å². The summed E-state index contributed by atoms with van der Waals surface area (Å²) < 4.78 is 0.904. The Bertz CT molecular complexity index is 513. The molecule has 0 bridgehead atoms. The lowest BCUT2D eigenvalue weighted by atomic mass is 9.92. The van der Waals surface area contributed by atoms with Gasteiger partial charge in [0.25, 0.3) is 5.91 Å². The molecule has 1 aromatic carbocycles. The third kappa shape index (κ3) is 2.27. The lowest BCUT2D eigenvalue weighted by Gasteiger charge is -2.22. The summed E-state index contributed by atoms with van der Waals surface area (Å²) in [7, 11) is 0. The minimum atomic E-state index is -0.784. The van der Waals surface area contributed by atoms with Crippen LogP contribution in [-0.4, -0.2) is 17.9 Å². The van der Waals surface area contributed by atoms with Crippen molar-refractivity contribution in [3.63, 3.8) is 0 Å². The molecule has 4 nitrogen and oxygen atoms in total. The highest BCUT2D eigenvalue weighted by molar-refractivity contribution is 9.10. The van der Waals surface area contributed by atoms with Gasteiger partial charge in [-0.05, 0) is 26.8 Å². The average Bonchev–Trinajstić information content (AvgIpc) is 2.54. The summed E-state index contributed by atoms with van der Waals surface area (Å²) >= 11 is 3.48. The van der Waals surface area contributed by atoms with E-state index in [4.69, 9.17) is 0 Å². The molecule has 0 saturated carbocycles. The molecule has 0 radical (unpaired) electrons. The Kier molecular flexibility index (Phi) is 3.43. The molecule has 1 atom stereocenters. The molecule has 18 heavy (non-hydrogen) atoms. The average molecular weight is 310 g/mol. The molecule has 2 N–H and O–H groups in total. The molecule has 1 fully saturated rings. The van der Waals surface area contributed by atoms with Crippen LogP contribution in [0.1, 0.15) is 26.3 Å². The Labute approximate surface area is 115 Å². The fraction of sp³-hybridized carbons (Fsp3) is 0.385. The van der Waals surface area contributed by atoms with E-state index in [1.54, 1.807) is 0 Å². The summed E-state index contributed by atoms with van der Waals surface area (Å²) in [5, 5.41) is 5.95. The molecule has 0 spiro atoms. The number of guanidine groups is 1. The molecule has 1 aliphatic heterocycles. The monoisotopic (exact) mass is 309 g/mol. The summed E-state index contributed by atoms with van der Waals surface area (Å²) in [5.74, 6) is 0.446. The van der Waals surface area contributed by atoms with Crippen LogP contribution in [0.3, 0.4) is 0 Å². The second kappa shape index (κ2) is 4.72. The van der Waals surface area contributed by atoms with Crippen molar-refractivity contribution in [1.82, 2.24) is 10.6 Å². The van der Waals surface area contributed by atoms with Crippen molar-refractivity contribution in [2.75, 3.05) is 0 Å². The lowest BCUT2D eigenvalue weighted by molar-refractivity contribution is -0.123. The van der Waals surface area contributed by atoms with Gasteiger partial charge in [0, 0.05) is 16.1 Å². The number of amides is 1. The van der Waals surface area contributed by atoms with Crippen LogP contribution in [0.2, 0.25) is 0 Å². The Morgan fingerprint density at radius 3 is 2.61 bits per heavy atom. The molecule has 0 aliphatic carbocycles. The van der Waals surface area contributed by atoms with Gasteiger partial charge in [0.1, 0.15) is 5.54 Å². The van der Waals surface area contributed by atoms with E-state index in [1.807, 2.05) is 45.0 Å². The zero-order valence-electron chi connectivity index (χ0n) is 10.6. The van der Waals surface area contributed by atoms with E-state index in [9.17, 15) is 4.79 Å². The van der Waals surface area contributed by atoms with Gasteiger partial charge in [-0.3, -0.25) is 15.1 Å². The molecule has 1 saturated heterocycles. The molecule has 0 aromatic heterocycles. The highest BCUT2D eigenvalue weighted by atomic mass is 79.9. The van der Waals surface area contributed by atoms with Gasteiger partial charge >= 0.3 is 0 Å². The first-order valence-corrected chi connectivity index (χ1v) is 6.65. The SMILES string of the molecule is CC(C)N=C1NC(=O)C(C)(c2ccccc2Br)N1. The van der Waals surface area contributed by atoms with E-state index in [0.29, 0.717) is 5.96 Å². The Morgan fingerprint density at radius 1 is 1.33 bits per heavy atom. The number of aliphatic imine (C=N–C) groups is 1. The van der Waals surface area contributed by atoms with Crippen molar-refractivity contribution in [2.24, 2.45) is 4.99 Å². The Hall–Kier alpha value is -1.36. The van der Waals surface area contributed by atoms with E-state index in [0.717, 1.165) is 10.0 Å². The van der Waals surface area contributed by atoms with Crippen molar-refractivity contribution >= 4 is 27.8 Å². The van der Waals surface area contributed by atoms with Gasteiger partial charge in [0.05, 0.1) is 0 Å². The maximum absolute atomic E-state index is 12.2. The molecular weight excluding hydrogens is 294 g/mol. The fourth-order valence-corrected chi connectivity index (χ4v) is 2.62. The second-order valence-corrected chi connectivity index (χ2v) is 5.61. The van der Waals surface area contributed by atoms with Crippen LogP contribution < -0.4 is 10.6 Å². The van der Waals surface area contributed by atoms with Crippen molar-refractivity contribution in [1.29, 1.82) is 0 Å². The predicted octanol–water partition coefficient (Wildman–Crippen LogP) is 2.15. The maximum atomic E-state index is 12.2. The molecular formula is C13H16BrN3O. The van der Waals surface area contributed by atoms with Crippen LogP contribution in [0, 0.1) is 0 Å². The van der Waals surface area contributed by atoms with Crippen LogP contribution in [0.5, 0.6) is 0 Å². The maximum Gasteiger partial charge on any atom is 0.256 e. The molecule has 5 heteroatoms. The quantitative estimate of drug-likeness (QED) is 0.879. The van der Waals surface area contributed by atoms with E-state index >= 15 is 0 Å². The first kappa shape index (κ1) is 13.1. The highest BCUT2D eigenvalue weighted by Gasteiger charge is 2.43. The third-order valence-corrected chi connectivity index (χ3v) is 3.55. The number of carbonyl (C=O) groups excluding carboxylic acids is 1. The van der Waals surface area contributed by atoms with Crippen LogP contribution in [0.15, 0.2) is 33.7 Å². The van der Waals surface area contributed by atoms with Crippen molar-refractivity contribution in [3.8, 4) is 0 Å². The molecule has 96 valence electrons. The van der Waals surface area contributed by atoms with Gasteiger partial charge in [-0.25, -0.2) is 0 Å². The smallest absolute Gasteiger partial charge is 0.256 e. The van der Waals surface area contributed by atoms with Gasteiger partial charge in [-0.1, -0.05) is 34.1 Å². The highest BCUT2D eigenvalue weighted by Crippen LogP contribution is 2.30. The second-order valence-electron chi connectivity index (χ2n) is 4.76. The summed E-state index contributed by atoms with van der Waals surface area (Å²) in [5.41, 5.74) is 0.116. The predicted molar refractivity (Wildman–Crippen MR) is 75.3 cm³/mol. The molecule has 1 heterocycles. The summed E-state index contributed by atoms with van der Waals surface area (Å²) in [6, 6.07) is 7.82. The summed E-state index contributed by atoms with van der Waals surface area (Å²) in [6.07, 6.45) is 0. The van der Waals surface area contributed by atoms with Crippen molar-refractivity contribution < 1.29 is 4.79 Å². The number of hydrogen-bond donors (Lipinski definition) is 2. The Balaban J connectivity index is 2.39. The molecule has 2 rings (SSSR count). The topological polar surface area (TPSA) is 53.5 Å². The normalized spacial score (nSPS) is 25.4. The number of rotatable bonds is 2. The first-order valence-electron chi connectivity index (χ1n) is 5.86. The standard InChI is InChI=1S/C13H16BrN3O/c1-8(2)15-12-16-11(18)13(3,17-12)9-6-4-5-7-10(9)14/h4-8H,1-3H3,(H2,15,16,17,18). The summed E-state index contributed by atoms with van der Waals surface area (Å²) in [4.78, 5) is 16.5. The van der Waals surface area contributed by atoms with E-state index < -0.39 is 5.54 Å². The van der Waals surface area contributed by atoms with Crippen LogP contribution >= 0.6 is 15.9 Å². The number of hydrogen-bond acceptors (Lipinski definition) is 2. The van der Waals surface area contributed by atoms with Crippen LogP contribution in [0.4, 0.5) is 0 Å². The molecule has 1 aromatic rings. The van der Waals surface area contributed by atoms with Gasteiger partial charge in [0.2, 0.25) is 0 Å². The van der Waals surface area contributed by atoms with E-state index in [-0.39, 0.29) is 11.9 Å². The number of benzene rings is 1. The third-order valence-electron chi connectivity index (χ3n) is 2.85. The number of nitrogens with zero attached hydrogens (tertiary/aromatic N) is 1. The number of nitrogens with one attached hydrogen (secondary N) is 2. The largest absolute Gasteiger partial charge is 0.338 e. The van der Waals surface area contributed by atoms with Gasteiger partial charge in [-0.15, -0.1) is 0 Å². The van der Waals surface area contributed by atoms with Crippen LogP contribution in [-0.2, 0) is 10.3 Å². The Morgan fingerprint density at radius 2 is 2.00 bits per heavy atom. The number of carbonyl (C=O) groups is 1. The van der Waals surface area contributed by atoms with Gasteiger partial charge < -0.3 is 5.32 Å². The zero-order valence-corrected chi connectivity index (χ0v) is 12.2. The lowest BCUT2D eigenvalue weighted by Crippen LogP contribution is -2.41. The van der Waals surface area contributed by atoms with E-state index in [2.05, 4.69) is 31.6 Å². The van der Waals surface area contributed by atoms with Crippen molar-refractivity contribution in [3.05, 3.63) is 34.3 Å². The number of halogens is 1. The van der Waals surface area contributed by atoms with Crippen molar-refractivity contribution in [2.45, 2.75) is 32.4 Å². The first-order chi connectivity index (χ1) is 8.43. The fourth-order valence-electron chi connectivity index (χ4n) is 1.94. The minimum Gasteiger partial charge on any atom is -0.338 e. The summed E-state index contributed by atoms with van der Waals surface area (Å²) in [6.45, 7) is 5.79. The molecule has 1 unspecified atom stereocenters. The molecule has 1 aliphatic rings. The molecule has 1 amide bonds.